The van der Waals surface area contributed by atoms with Gasteiger partial charge in [-0.3, -0.25) is 4.79 Å². The van der Waals surface area contributed by atoms with Gasteiger partial charge in [-0.1, -0.05) is 47.0 Å². The molecule has 0 aliphatic heterocycles. The zero-order valence-corrected chi connectivity index (χ0v) is 18.6. The SMILES string of the molecule is CC(=O)OC1=C(C)[C@@H]2CC[C@@]3(C)[C@H](CC[C@H]3[C@H](C)CCCC(C)C)[C@@H]2CC1. The summed E-state index contributed by atoms with van der Waals surface area (Å²) >= 11 is 0. The monoisotopic (exact) mass is 374 g/mol. The van der Waals surface area contributed by atoms with E-state index in [1.165, 1.54) is 63.9 Å². The molecule has 2 nitrogen and oxygen atoms in total. The van der Waals surface area contributed by atoms with E-state index >= 15 is 0 Å². The van der Waals surface area contributed by atoms with Gasteiger partial charge in [0.1, 0.15) is 5.76 Å². The van der Waals surface area contributed by atoms with E-state index in [0.29, 0.717) is 11.3 Å². The van der Waals surface area contributed by atoms with Crippen LogP contribution >= 0.6 is 0 Å². The van der Waals surface area contributed by atoms with Crippen LogP contribution in [-0.4, -0.2) is 5.97 Å². The van der Waals surface area contributed by atoms with Crippen molar-refractivity contribution in [3.63, 3.8) is 0 Å². The van der Waals surface area contributed by atoms with Crippen molar-refractivity contribution in [1.29, 1.82) is 0 Å². The molecule has 3 rings (SSSR count). The van der Waals surface area contributed by atoms with Crippen molar-refractivity contribution in [3.05, 3.63) is 11.3 Å². The summed E-state index contributed by atoms with van der Waals surface area (Å²) in [5.74, 6) is 5.80. The molecule has 0 amide bonds. The van der Waals surface area contributed by atoms with E-state index in [2.05, 4.69) is 34.6 Å². The second kappa shape index (κ2) is 8.29. The lowest BCUT2D eigenvalue weighted by molar-refractivity contribution is -0.137. The minimum Gasteiger partial charge on any atom is -0.431 e. The maximum Gasteiger partial charge on any atom is 0.307 e. The number of carbonyl (C=O) groups excluding carboxylic acids is 1. The third kappa shape index (κ3) is 4.15. The predicted octanol–water partition coefficient (Wildman–Crippen LogP) is 7.14. The first-order valence-electron chi connectivity index (χ1n) is 11.6. The van der Waals surface area contributed by atoms with Crippen LogP contribution in [0.15, 0.2) is 11.3 Å². The van der Waals surface area contributed by atoms with E-state index in [4.69, 9.17) is 4.74 Å². The van der Waals surface area contributed by atoms with Gasteiger partial charge in [0.05, 0.1) is 0 Å². The van der Waals surface area contributed by atoms with Crippen LogP contribution in [-0.2, 0) is 9.53 Å². The normalized spacial score (nSPS) is 37.1. The lowest BCUT2D eigenvalue weighted by Crippen LogP contribution is -2.44. The molecule has 27 heavy (non-hydrogen) atoms. The highest BCUT2D eigenvalue weighted by Gasteiger charge is 2.55. The minimum atomic E-state index is -0.153. The van der Waals surface area contributed by atoms with Gasteiger partial charge in [-0.05, 0) is 85.5 Å². The molecule has 154 valence electrons. The average Bonchev–Trinajstić information content (AvgIpc) is 2.94. The van der Waals surface area contributed by atoms with Gasteiger partial charge in [0, 0.05) is 13.3 Å². The van der Waals surface area contributed by atoms with E-state index in [1.807, 2.05) is 0 Å². The first-order valence-corrected chi connectivity index (χ1v) is 11.6. The Morgan fingerprint density at radius 2 is 1.89 bits per heavy atom. The van der Waals surface area contributed by atoms with E-state index < -0.39 is 0 Å². The zero-order chi connectivity index (χ0) is 19.8. The van der Waals surface area contributed by atoms with E-state index in [1.54, 1.807) is 0 Å². The Balaban J connectivity index is 1.69. The summed E-state index contributed by atoms with van der Waals surface area (Å²) in [5.41, 5.74) is 1.93. The molecule has 0 spiro atoms. The Labute approximate surface area is 167 Å². The fourth-order valence-corrected chi connectivity index (χ4v) is 7.26. The fraction of sp³-hybridized carbons (Fsp3) is 0.880. The molecule has 0 saturated heterocycles. The maximum atomic E-state index is 11.4. The highest BCUT2D eigenvalue weighted by Crippen LogP contribution is 2.63. The highest BCUT2D eigenvalue weighted by atomic mass is 16.5. The van der Waals surface area contributed by atoms with Gasteiger partial charge in [-0.15, -0.1) is 0 Å². The molecule has 0 N–H and O–H groups in total. The van der Waals surface area contributed by atoms with Crippen LogP contribution < -0.4 is 0 Å². The fourth-order valence-electron chi connectivity index (χ4n) is 7.26. The molecule has 0 radical (unpaired) electrons. The Kier molecular flexibility index (Phi) is 6.43. The summed E-state index contributed by atoms with van der Waals surface area (Å²) in [6, 6.07) is 0. The third-order valence-corrected chi connectivity index (χ3v) is 8.61. The van der Waals surface area contributed by atoms with Crippen molar-refractivity contribution in [3.8, 4) is 0 Å². The van der Waals surface area contributed by atoms with Crippen molar-refractivity contribution in [2.45, 2.75) is 99.3 Å². The third-order valence-electron chi connectivity index (χ3n) is 8.61. The number of hydrogen-bond donors (Lipinski definition) is 0. The summed E-state index contributed by atoms with van der Waals surface area (Å²) in [5, 5.41) is 0. The summed E-state index contributed by atoms with van der Waals surface area (Å²) in [7, 11) is 0. The summed E-state index contributed by atoms with van der Waals surface area (Å²) in [6.07, 6.45) is 11.9. The standard InChI is InChI=1S/C25H42O2/c1-16(2)8-7-9-17(3)22-11-12-23-21-10-13-24(27-19(5)26)18(4)20(21)14-15-25(22,23)6/h16-17,20-23H,7-15H2,1-6H3/t17-,20+,21-,22+,23-,25-/m1/s1. The maximum absolute atomic E-state index is 11.4. The van der Waals surface area contributed by atoms with E-state index in [0.717, 1.165) is 41.8 Å². The van der Waals surface area contributed by atoms with E-state index in [9.17, 15) is 4.79 Å². The molecule has 0 aromatic heterocycles. The Bertz CT molecular complexity index is 575. The number of allylic oxidation sites excluding steroid dienone is 2. The topological polar surface area (TPSA) is 26.3 Å². The molecule has 3 aliphatic carbocycles. The first-order chi connectivity index (χ1) is 12.7. The average molecular weight is 375 g/mol. The Morgan fingerprint density at radius 1 is 1.15 bits per heavy atom. The zero-order valence-electron chi connectivity index (χ0n) is 18.6. The largest absolute Gasteiger partial charge is 0.431 e. The second-order valence-electron chi connectivity index (χ2n) is 10.6. The van der Waals surface area contributed by atoms with Crippen LogP contribution in [0.1, 0.15) is 99.3 Å². The molecule has 2 heteroatoms. The van der Waals surface area contributed by atoms with Crippen LogP contribution in [0.3, 0.4) is 0 Å². The van der Waals surface area contributed by atoms with Crippen LogP contribution in [0, 0.1) is 40.9 Å². The predicted molar refractivity (Wildman–Crippen MR) is 112 cm³/mol. The number of ether oxygens (including phenoxy) is 1. The van der Waals surface area contributed by atoms with Gasteiger partial charge < -0.3 is 4.74 Å². The minimum absolute atomic E-state index is 0.153. The summed E-state index contributed by atoms with van der Waals surface area (Å²) in [6.45, 7) is 13.6. The number of carbonyl (C=O) groups is 1. The van der Waals surface area contributed by atoms with Crippen molar-refractivity contribution in [2.75, 3.05) is 0 Å². The Hall–Kier alpha value is -0.790. The Morgan fingerprint density at radius 3 is 2.56 bits per heavy atom. The molecule has 3 aliphatic rings. The molecular weight excluding hydrogens is 332 g/mol. The lowest BCUT2D eigenvalue weighted by Gasteiger charge is -2.52. The first kappa shape index (κ1) is 20.9. The van der Waals surface area contributed by atoms with Crippen molar-refractivity contribution < 1.29 is 9.53 Å². The smallest absolute Gasteiger partial charge is 0.307 e. The van der Waals surface area contributed by atoms with Crippen LogP contribution in [0.5, 0.6) is 0 Å². The number of hydrogen-bond acceptors (Lipinski definition) is 2. The summed E-state index contributed by atoms with van der Waals surface area (Å²) in [4.78, 5) is 11.4. The van der Waals surface area contributed by atoms with Gasteiger partial charge in [0.2, 0.25) is 0 Å². The van der Waals surface area contributed by atoms with Crippen molar-refractivity contribution in [2.24, 2.45) is 40.9 Å². The van der Waals surface area contributed by atoms with Crippen LogP contribution in [0.25, 0.3) is 0 Å². The quantitative estimate of drug-likeness (QED) is 0.462. The van der Waals surface area contributed by atoms with Gasteiger partial charge in [0.25, 0.3) is 0 Å². The molecule has 0 aromatic carbocycles. The van der Waals surface area contributed by atoms with Crippen molar-refractivity contribution >= 4 is 5.97 Å². The molecular formula is C25H42O2. The molecule has 0 bridgehead atoms. The second-order valence-corrected chi connectivity index (χ2v) is 10.6. The number of rotatable bonds is 6. The molecule has 2 fully saturated rings. The molecule has 0 unspecified atom stereocenters. The highest BCUT2D eigenvalue weighted by molar-refractivity contribution is 5.67. The number of fused-ring (bicyclic) bond motifs is 3. The van der Waals surface area contributed by atoms with Gasteiger partial charge in [-0.25, -0.2) is 0 Å². The molecule has 0 heterocycles. The number of esters is 1. The van der Waals surface area contributed by atoms with Crippen LogP contribution in [0.4, 0.5) is 0 Å². The van der Waals surface area contributed by atoms with Crippen LogP contribution in [0.2, 0.25) is 0 Å². The molecule has 0 aromatic rings. The van der Waals surface area contributed by atoms with Crippen molar-refractivity contribution in [1.82, 2.24) is 0 Å². The van der Waals surface area contributed by atoms with Gasteiger partial charge in [-0.2, -0.15) is 0 Å². The molecule has 2 saturated carbocycles. The summed E-state index contributed by atoms with van der Waals surface area (Å²) < 4.78 is 5.55. The molecule has 6 atom stereocenters. The van der Waals surface area contributed by atoms with Gasteiger partial charge in [0.15, 0.2) is 0 Å². The van der Waals surface area contributed by atoms with E-state index in [-0.39, 0.29) is 5.97 Å². The lowest BCUT2D eigenvalue weighted by atomic mass is 9.53. The van der Waals surface area contributed by atoms with Gasteiger partial charge >= 0.3 is 5.97 Å².